The molecular formula is C20H21N3OS. The fourth-order valence-electron chi connectivity index (χ4n) is 2.54. The van der Waals surface area contributed by atoms with Crippen LogP contribution in [0.1, 0.15) is 28.4 Å². The van der Waals surface area contributed by atoms with Gasteiger partial charge in [-0.3, -0.25) is 4.79 Å². The number of hydrogen-bond acceptors (Lipinski definition) is 3. The van der Waals surface area contributed by atoms with Gasteiger partial charge in [0.15, 0.2) is 0 Å². The number of carbonyl (C=O) groups excluding carboxylic acids is 1. The van der Waals surface area contributed by atoms with Crippen LogP contribution < -0.4 is 5.32 Å². The monoisotopic (exact) mass is 351 g/mol. The van der Waals surface area contributed by atoms with E-state index in [4.69, 9.17) is 0 Å². The summed E-state index contributed by atoms with van der Waals surface area (Å²) < 4.78 is 1.81. The van der Waals surface area contributed by atoms with Gasteiger partial charge in [-0.05, 0) is 41.1 Å². The minimum Gasteiger partial charge on any atom is -0.348 e. The van der Waals surface area contributed by atoms with Crippen molar-refractivity contribution in [1.29, 1.82) is 0 Å². The van der Waals surface area contributed by atoms with Crippen molar-refractivity contribution in [2.75, 3.05) is 5.75 Å². The molecule has 1 aromatic heterocycles. The Balaban J connectivity index is 1.65. The van der Waals surface area contributed by atoms with Crippen LogP contribution in [0, 0.1) is 0 Å². The highest BCUT2D eigenvalue weighted by molar-refractivity contribution is 7.98. The first-order chi connectivity index (χ1) is 12.3. The number of benzene rings is 2. The van der Waals surface area contributed by atoms with Gasteiger partial charge in [0.25, 0.3) is 5.91 Å². The Bertz CT molecular complexity index is 813. The van der Waals surface area contributed by atoms with E-state index in [1.54, 1.807) is 6.20 Å². The molecule has 0 aliphatic carbocycles. The van der Waals surface area contributed by atoms with Crippen LogP contribution in [0.3, 0.4) is 0 Å². The predicted octanol–water partition coefficient (Wildman–Crippen LogP) is 4.06. The second kappa shape index (κ2) is 8.53. The molecule has 128 valence electrons. The second-order valence-electron chi connectivity index (χ2n) is 5.60. The minimum atomic E-state index is -0.0648. The number of carbonyl (C=O) groups is 1. The minimum absolute atomic E-state index is 0.0648. The largest absolute Gasteiger partial charge is 0.348 e. The number of thioether (sulfide) groups is 1. The first kappa shape index (κ1) is 17.3. The zero-order valence-electron chi connectivity index (χ0n) is 14.2. The Morgan fingerprint density at radius 1 is 1.12 bits per heavy atom. The van der Waals surface area contributed by atoms with Gasteiger partial charge in [0.1, 0.15) is 0 Å². The maximum Gasteiger partial charge on any atom is 0.251 e. The molecule has 25 heavy (non-hydrogen) atoms. The molecular weight excluding hydrogens is 330 g/mol. The van der Waals surface area contributed by atoms with E-state index in [9.17, 15) is 4.79 Å². The van der Waals surface area contributed by atoms with E-state index in [0.29, 0.717) is 12.1 Å². The standard InChI is InChI=1S/C20H21N3OS/c1-2-25-15-16-8-10-17(11-9-16)20(24)21-14-18-6-3-4-7-19(18)23-13-5-12-22-23/h3-13H,2,14-15H2,1H3,(H,21,24). The molecule has 4 nitrogen and oxygen atoms in total. The maximum absolute atomic E-state index is 12.4. The molecule has 1 heterocycles. The zero-order valence-corrected chi connectivity index (χ0v) is 15.0. The van der Waals surface area contributed by atoms with Crippen molar-refractivity contribution in [3.05, 3.63) is 83.7 Å². The number of amides is 1. The Morgan fingerprint density at radius 3 is 2.64 bits per heavy atom. The van der Waals surface area contributed by atoms with Gasteiger partial charge in [-0.25, -0.2) is 4.68 Å². The van der Waals surface area contributed by atoms with Crippen LogP contribution in [-0.2, 0) is 12.3 Å². The predicted molar refractivity (Wildman–Crippen MR) is 103 cm³/mol. The summed E-state index contributed by atoms with van der Waals surface area (Å²) in [5.41, 5.74) is 3.92. The lowest BCUT2D eigenvalue weighted by Crippen LogP contribution is -2.23. The van der Waals surface area contributed by atoms with E-state index in [-0.39, 0.29) is 5.91 Å². The van der Waals surface area contributed by atoms with E-state index >= 15 is 0 Å². The SMILES string of the molecule is CCSCc1ccc(C(=O)NCc2ccccc2-n2cccn2)cc1. The summed E-state index contributed by atoms with van der Waals surface area (Å²) in [6.45, 7) is 2.61. The van der Waals surface area contributed by atoms with Gasteiger partial charge >= 0.3 is 0 Å². The summed E-state index contributed by atoms with van der Waals surface area (Å²) in [4.78, 5) is 12.4. The summed E-state index contributed by atoms with van der Waals surface area (Å²) in [5.74, 6) is 2.01. The first-order valence-corrected chi connectivity index (χ1v) is 9.46. The van der Waals surface area contributed by atoms with Crippen LogP contribution >= 0.6 is 11.8 Å². The van der Waals surface area contributed by atoms with Crippen LogP contribution in [0.4, 0.5) is 0 Å². The molecule has 0 radical (unpaired) electrons. The average molecular weight is 351 g/mol. The quantitative estimate of drug-likeness (QED) is 0.698. The lowest BCUT2D eigenvalue weighted by atomic mass is 10.1. The average Bonchev–Trinajstić information content (AvgIpc) is 3.19. The Hall–Kier alpha value is -2.53. The van der Waals surface area contributed by atoms with Gasteiger partial charge in [0, 0.05) is 30.3 Å². The van der Waals surface area contributed by atoms with E-state index in [1.807, 2.05) is 77.2 Å². The molecule has 2 aromatic carbocycles. The fraction of sp³-hybridized carbons (Fsp3) is 0.200. The third-order valence-corrected chi connectivity index (χ3v) is 4.82. The molecule has 1 N–H and O–H groups in total. The molecule has 0 fully saturated rings. The second-order valence-corrected chi connectivity index (χ2v) is 6.87. The van der Waals surface area contributed by atoms with Gasteiger partial charge < -0.3 is 5.32 Å². The van der Waals surface area contributed by atoms with Gasteiger partial charge in [-0.2, -0.15) is 16.9 Å². The number of para-hydroxylation sites is 1. The van der Waals surface area contributed by atoms with Crippen molar-refractivity contribution < 1.29 is 4.79 Å². The molecule has 5 heteroatoms. The van der Waals surface area contributed by atoms with Crippen LogP contribution in [0.5, 0.6) is 0 Å². The van der Waals surface area contributed by atoms with E-state index in [2.05, 4.69) is 17.3 Å². The number of nitrogens with one attached hydrogen (secondary N) is 1. The first-order valence-electron chi connectivity index (χ1n) is 8.30. The van der Waals surface area contributed by atoms with E-state index in [0.717, 1.165) is 22.8 Å². The fourth-order valence-corrected chi connectivity index (χ4v) is 3.18. The molecule has 0 saturated heterocycles. The zero-order chi connectivity index (χ0) is 17.5. The van der Waals surface area contributed by atoms with Crippen LogP contribution in [0.15, 0.2) is 67.0 Å². The molecule has 1 amide bonds. The lowest BCUT2D eigenvalue weighted by molar-refractivity contribution is 0.0951. The molecule has 0 saturated carbocycles. The topological polar surface area (TPSA) is 46.9 Å². The van der Waals surface area contributed by atoms with Gasteiger partial charge in [0.05, 0.1) is 5.69 Å². The van der Waals surface area contributed by atoms with Crippen molar-refractivity contribution in [1.82, 2.24) is 15.1 Å². The van der Waals surface area contributed by atoms with Crippen LogP contribution in [0.2, 0.25) is 0 Å². The van der Waals surface area contributed by atoms with Crippen molar-refractivity contribution in [2.45, 2.75) is 19.2 Å². The molecule has 3 rings (SSSR count). The molecule has 0 aliphatic rings. The molecule has 3 aromatic rings. The van der Waals surface area contributed by atoms with Crippen LogP contribution in [0.25, 0.3) is 5.69 Å². The molecule has 0 atom stereocenters. The molecule has 0 unspecified atom stereocenters. The summed E-state index contributed by atoms with van der Waals surface area (Å²) in [7, 11) is 0. The van der Waals surface area contributed by atoms with Crippen LogP contribution in [-0.4, -0.2) is 21.4 Å². The Morgan fingerprint density at radius 2 is 1.92 bits per heavy atom. The number of rotatable bonds is 7. The highest BCUT2D eigenvalue weighted by Gasteiger charge is 2.08. The molecule has 0 aliphatic heterocycles. The molecule has 0 bridgehead atoms. The third kappa shape index (κ3) is 4.51. The highest BCUT2D eigenvalue weighted by atomic mass is 32.2. The van der Waals surface area contributed by atoms with Crippen molar-refractivity contribution in [2.24, 2.45) is 0 Å². The summed E-state index contributed by atoms with van der Waals surface area (Å²) >= 11 is 1.87. The van der Waals surface area contributed by atoms with Crippen molar-refractivity contribution in [3.63, 3.8) is 0 Å². The van der Waals surface area contributed by atoms with Gasteiger partial charge in [-0.1, -0.05) is 37.3 Å². The smallest absolute Gasteiger partial charge is 0.251 e. The van der Waals surface area contributed by atoms with Crippen molar-refractivity contribution in [3.8, 4) is 5.69 Å². The number of hydrogen-bond donors (Lipinski definition) is 1. The maximum atomic E-state index is 12.4. The summed E-state index contributed by atoms with van der Waals surface area (Å²) in [6.07, 6.45) is 3.64. The number of aromatic nitrogens is 2. The molecule has 0 spiro atoms. The highest BCUT2D eigenvalue weighted by Crippen LogP contribution is 2.15. The number of nitrogens with zero attached hydrogens (tertiary/aromatic N) is 2. The van der Waals surface area contributed by atoms with Gasteiger partial charge in [-0.15, -0.1) is 0 Å². The Kier molecular flexibility index (Phi) is 5.90. The van der Waals surface area contributed by atoms with E-state index < -0.39 is 0 Å². The normalized spacial score (nSPS) is 10.6. The summed E-state index contributed by atoms with van der Waals surface area (Å²) in [6, 6.07) is 17.6. The van der Waals surface area contributed by atoms with Crippen molar-refractivity contribution >= 4 is 17.7 Å². The van der Waals surface area contributed by atoms with E-state index in [1.165, 1.54) is 5.56 Å². The lowest BCUT2D eigenvalue weighted by Gasteiger charge is -2.11. The third-order valence-electron chi connectivity index (χ3n) is 3.87. The summed E-state index contributed by atoms with van der Waals surface area (Å²) in [5, 5.41) is 7.26. The Labute approximate surface area is 152 Å². The van der Waals surface area contributed by atoms with Gasteiger partial charge in [0.2, 0.25) is 0 Å².